The monoisotopic (exact) mass is 266 g/mol. The second-order valence-electron chi connectivity index (χ2n) is 4.78. The van der Waals surface area contributed by atoms with Crippen molar-refractivity contribution in [2.24, 2.45) is 5.92 Å². The van der Waals surface area contributed by atoms with Crippen molar-refractivity contribution in [3.8, 4) is 0 Å². The van der Waals surface area contributed by atoms with Gasteiger partial charge in [-0.2, -0.15) is 0 Å². The number of carboxylic acid groups (broad SMARTS) is 1. The predicted molar refractivity (Wildman–Crippen MR) is 67.6 cm³/mol. The molecule has 1 fully saturated rings. The van der Waals surface area contributed by atoms with E-state index in [2.05, 4.69) is 0 Å². The summed E-state index contributed by atoms with van der Waals surface area (Å²) in [5.41, 5.74) is 0.986. The molecule has 104 valence electrons. The molecule has 1 aliphatic heterocycles. The lowest BCUT2D eigenvalue weighted by Gasteiger charge is -2.37. The third-order valence-electron chi connectivity index (χ3n) is 3.35. The number of aliphatic hydroxyl groups is 1. The molecule has 0 bridgehead atoms. The van der Waals surface area contributed by atoms with Crippen LogP contribution in [0.3, 0.4) is 0 Å². The van der Waals surface area contributed by atoms with Gasteiger partial charge in [-0.15, -0.1) is 0 Å². The highest BCUT2D eigenvalue weighted by Crippen LogP contribution is 2.25. The summed E-state index contributed by atoms with van der Waals surface area (Å²) in [7, 11) is 0. The maximum Gasteiger partial charge on any atom is 0.333 e. The number of carboxylic acids is 1. The van der Waals surface area contributed by atoms with Crippen molar-refractivity contribution in [1.29, 1.82) is 0 Å². The summed E-state index contributed by atoms with van der Waals surface area (Å²) in [4.78, 5) is 11.0. The van der Waals surface area contributed by atoms with E-state index in [4.69, 9.17) is 14.6 Å². The van der Waals surface area contributed by atoms with Crippen LogP contribution in [0.4, 0.5) is 0 Å². The Bertz CT molecular complexity index is 419. The molecule has 1 heterocycles. The van der Waals surface area contributed by atoms with E-state index in [0.717, 1.165) is 5.56 Å². The van der Waals surface area contributed by atoms with Crippen molar-refractivity contribution in [2.75, 3.05) is 6.61 Å². The van der Waals surface area contributed by atoms with Gasteiger partial charge in [0, 0.05) is 5.92 Å². The third-order valence-corrected chi connectivity index (χ3v) is 3.35. The minimum atomic E-state index is -1.02. The number of ether oxygens (including phenoxy) is 2. The maximum atomic E-state index is 11.0. The molecule has 0 radical (unpaired) electrons. The Balaban J connectivity index is 1.99. The lowest BCUT2D eigenvalue weighted by Crippen LogP contribution is -2.51. The van der Waals surface area contributed by atoms with E-state index in [-0.39, 0.29) is 6.61 Å². The summed E-state index contributed by atoms with van der Waals surface area (Å²) in [6, 6.07) is 9.57. The fourth-order valence-corrected chi connectivity index (χ4v) is 2.30. The second kappa shape index (κ2) is 6.14. The lowest BCUT2D eigenvalue weighted by molar-refractivity contribution is -0.194. The van der Waals surface area contributed by atoms with Gasteiger partial charge in [0.25, 0.3) is 0 Å². The van der Waals surface area contributed by atoms with Crippen LogP contribution in [0, 0.1) is 5.92 Å². The van der Waals surface area contributed by atoms with Gasteiger partial charge in [0.15, 0.2) is 6.10 Å². The quantitative estimate of drug-likeness (QED) is 0.852. The Morgan fingerprint density at radius 2 is 2.11 bits per heavy atom. The molecule has 1 aromatic rings. The molecular formula is C14H18O5. The number of aliphatic hydroxyl groups excluding tert-OH is 1. The molecule has 0 aliphatic carbocycles. The Labute approximate surface area is 111 Å². The number of hydrogen-bond acceptors (Lipinski definition) is 4. The Morgan fingerprint density at radius 1 is 1.42 bits per heavy atom. The van der Waals surface area contributed by atoms with Crippen LogP contribution in [-0.2, 0) is 20.9 Å². The van der Waals surface area contributed by atoms with E-state index >= 15 is 0 Å². The maximum absolute atomic E-state index is 11.0. The Kier molecular flexibility index (Phi) is 4.52. The molecule has 1 aliphatic rings. The van der Waals surface area contributed by atoms with Crippen molar-refractivity contribution < 1.29 is 24.5 Å². The molecule has 0 aromatic heterocycles. The Hall–Kier alpha value is -1.43. The highest BCUT2D eigenvalue weighted by Gasteiger charge is 2.41. The first-order chi connectivity index (χ1) is 9.09. The Morgan fingerprint density at radius 3 is 2.74 bits per heavy atom. The molecule has 4 atom stereocenters. The van der Waals surface area contributed by atoms with Gasteiger partial charge in [-0.1, -0.05) is 37.3 Å². The first kappa shape index (κ1) is 14.0. The SMILES string of the molecule is C[C@H]1C(C(=O)O)OCC(O)[C@H]1OCc1ccccc1. The normalized spacial score (nSPS) is 31.1. The zero-order valence-electron chi connectivity index (χ0n) is 10.7. The fraction of sp³-hybridized carbons (Fsp3) is 0.500. The van der Waals surface area contributed by atoms with Gasteiger partial charge in [0.1, 0.15) is 6.10 Å². The first-order valence-electron chi connectivity index (χ1n) is 6.27. The average Bonchev–Trinajstić information content (AvgIpc) is 2.39. The largest absolute Gasteiger partial charge is 0.479 e. The molecule has 0 spiro atoms. The van der Waals surface area contributed by atoms with Crippen molar-refractivity contribution in [1.82, 2.24) is 0 Å². The van der Waals surface area contributed by atoms with Crippen molar-refractivity contribution in [2.45, 2.75) is 31.8 Å². The highest BCUT2D eigenvalue weighted by molar-refractivity contribution is 5.72. The van der Waals surface area contributed by atoms with Crippen LogP contribution in [0.2, 0.25) is 0 Å². The van der Waals surface area contributed by atoms with E-state index in [1.165, 1.54) is 0 Å². The van der Waals surface area contributed by atoms with Gasteiger partial charge >= 0.3 is 5.97 Å². The van der Waals surface area contributed by atoms with E-state index in [0.29, 0.717) is 6.61 Å². The first-order valence-corrected chi connectivity index (χ1v) is 6.27. The van der Waals surface area contributed by atoms with Crippen LogP contribution in [0.5, 0.6) is 0 Å². The molecule has 2 N–H and O–H groups in total. The van der Waals surface area contributed by atoms with Crippen LogP contribution in [0.1, 0.15) is 12.5 Å². The number of benzene rings is 1. The molecule has 5 nitrogen and oxygen atoms in total. The van der Waals surface area contributed by atoms with Gasteiger partial charge in [-0.3, -0.25) is 0 Å². The summed E-state index contributed by atoms with van der Waals surface area (Å²) < 4.78 is 10.8. The minimum absolute atomic E-state index is 0.0131. The standard InChI is InChI=1S/C14H18O5/c1-9-12(11(15)8-19-13(9)14(16)17)18-7-10-5-3-2-4-6-10/h2-6,9,11-13,15H,7-8H2,1H3,(H,16,17)/t9-,11?,12+,13?/m1/s1. The van der Waals surface area contributed by atoms with Crippen LogP contribution < -0.4 is 0 Å². The van der Waals surface area contributed by atoms with Crippen molar-refractivity contribution >= 4 is 5.97 Å². The number of rotatable bonds is 4. The minimum Gasteiger partial charge on any atom is -0.479 e. The van der Waals surface area contributed by atoms with Gasteiger partial charge in [-0.25, -0.2) is 4.79 Å². The summed E-state index contributed by atoms with van der Waals surface area (Å²) in [6.45, 7) is 2.05. The highest BCUT2D eigenvalue weighted by atomic mass is 16.5. The van der Waals surface area contributed by atoms with E-state index in [9.17, 15) is 9.90 Å². The van der Waals surface area contributed by atoms with Crippen molar-refractivity contribution in [3.05, 3.63) is 35.9 Å². The molecule has 1 saturated heterocycles. The van der Waals surface area contributed by atoms with Crippen molar-refractivity contribution in [3.63, 3.8) is 0 Å². The van der Waals surface area contributed by atoms with Gasteiger partial charge in [-0.05, 0) is 5.56 Å². The number of carbonyl (C=O) groups is 1. The zero-order valence-corrected chi connectivity index (χ0v) is 10.7. The molecule has 19 heavy (non-hydrogen) atoms. The molecule has 0 saturated carbocycles. The molecule has 0 amide bonds. The molecule has 1 aromatic carbocycles. The van der Waals surface area contributed by atoms with Gasteiger partial charge < -0.3 is 19.7 Å². The van der Waals surface area contributed by atoms with Gasteiger partial charge in [0.2, 0.25) is 0 Å². The topological polar surface area (TPSA) is 76.0 Å². The molecular weight excluding hydrogens is 248 g/mol. The summed E-state index contributed by atoms with van der Waals surface area (Å²) >= 11 is 0. The molecule has 5 heteroatoms. The van der Waals surface area contributed by atoms with Crippen LogP contribution in [-0.4, -0.2) is 41.1 Å². The summed E-state index contributed by atoms with van der Waals surface area (Å²) in [6.07, 6.45) is -2.26. The van der Waals surface area contributed by atoms with Crippen LogP contribution in [0.25, 0.3) is 0 Å². The fourth-order valence-electron chi connectivity index (χ4n) is 2.30. The summed E-state index contributed by atoms with van der Waals surface area (Å²) in [5, 5.41) is 18.9. The molecule has 2 rings (SSSR count). The van der Waals surface area contributed by atoms with Crippen LogP contribution in [0.15, 0.2) is 30.3 Å². The van der Waals surface area contributed by atoms with E-state index in [1.807, 2.05) is 30.3 Å². The third kappa shape index (κ3) is 3.32. The molecule has 2 unspecified atom stereocenters. The second-order valence-corrected chi connectivity index (χ2v) is 4.78. The van der Waals surface area contributed by atoms with Crippen LogP contribution >= 0.6 is 0 Å². The smallest absolute Gasteiger partial charge is 0.333 e. The number of hydrogen-bond donors (Lipinski definition) is 2. The van der Waals surface area contributed by atoms with E-state index < -0.39 is 30.2 Å². The lowest BCUT2D eigenvalue weighted by atomic mass is 9.91. The summed E-state index contributed by atoms with van der Waals surface area (Å²) in [5.74, 6) is -1.42. The zero-order chi connectivity index (χ0) is 13.8. The van der Waals surface area contributed by atoms with E-state index in [1.54, 1.807) is 6.92 Å². The predicted octanol–water partition coefficient (Wildman–Crippen LogP) is 1.05. The van der Waals surface area contributed by atoms with Gasteiger partial charge in [0.05, 0.1) is 19.3 Å². The average molecular weight is 266 g/mol. The number of aliphatic carboxylic acids is 1.